The third-order valence-corrected chi connectivity index (χ3v) is 4.54. The first-order valence-corrected chi connectivity index (χ1v) is 8.11. The Bertz CT molecular complexity index is 482. The van der Waals surface area contributed by atoms with Crippen molar-refractivity contribution >= 4 is 6.03 Å². The number of carbonyl (C=O) groups excluding carboxylic acids is 1. The van der Waals surface area contributed by atoms with E-state index in [9.17, 15) is 4.79 Å². The summed E-state index contributed by atoms with van der Waals surface area (Å²) in [6, 6.07) is 0.417. The molecule has 0 unspecified atom stereocenters. The molecule has 6 nitrogen and oxygen atoms in total. The predicted molar refractivity (Wildman–Crippen MR) is 77.8 cm³/mol. The number of aryl methyl sites for hydroxylation is 1. The fraction of sp³-hybridized carbons (Fsp3) is 0.800. The normalized spacial score (nSPS) is 25.5. The van der Waals surface area contributed by atoms with Crippen LogP contribution in [0.3, 0.4) is 0 Å². The molecule has 0 spiro atoms. The Labute approximate surface area is 125 Å². The van der Waals surface area contributed by atoms with Crippen molar-refractivity contribution in [2.24, 2.45) is 5.92 Å². The van der Waals surface area contributed by atoms with Gasteiger partial charge in [0.15, 0.2) is 0 Å². The minimum Gasteiger partial charge on any atom is -0.425 e. The molecule has 0 bridgehead atoms. The van der Waals surface area contributed by atoms with Gasteiger partial charge in [-0.25, -0.2) is 4.79 Å². The van der Waals surface area contributed by atoms with E-state index in [1.54, 1.807) is 0 Å². The second-order valence-corrected chi connectivity index (χ2v) is 6.17. The molecule has 1 aliphatic carbocycles. The molecule has 1 N–H and O–H groups in total. The molecule has 3 rings (SSSR count). The highest BCUT2D eigenvalue weighted by Gasteiger charge is 2.29. The first-order chi connectivity index (χ1) is 10.2. The van der Waals surface area contributed by atoms with E-state index in [1.807, 2.05) is 11.8 Å². The molecular formula is C15H24N4O2. The molecule has 2 fully saturated rings. The van der Waals surface area contributed by atoms with Gasteiger partial charge in [0.25, 0.3) is 0 Å². The molecule has 116 valence electrons. The van der Waals surface area contributed by atoms with Gasteiger partial charge in [-0.15, -0.1) is 10.2 Å². The zero-order valence-corrected chi connectivity index (χ0v) is 12.7. The van der Waals surface area contributed by atoms with Crippen LogP contribution in [0.2, 0.25) is 0 Å². The van der Waals surface area contributed by atoms with Crippen molar-refractivity contribution in [1.82, 2.24) is 20.4 Å². The predicted octanol–water partition coefficient (Wildman–Crippen LogP) is 2.15. The Morgan fingerprint density at radius 1 is 1.29 bits per heavy atom. The summed E-state index contributed by atoms with van der Waals surface area (Å²) in [4.78, 5) is 14.0. The molecule has 1 saturated carbocycles. The average molecular weight is 292 g/mol. The van der Waals surface area contributed by atoms with E-state index in [0.29, 0.717) is 17.9 Å². The van der Waals surface area contributed by atoms with Crippen LogP contribution in [0.1, 0.15) is 50.8 Å². The smallest absolute Gasteiger partial charge is 0.317 e. The Kier molecular flexibility index (Phi) is 4.41. The lowest BCUT2D eigenvalue weighted by Crippen LogP contribution is -2.42. The van der Waals surface area contributed by atoms with E-state index in [2.05, 4.69) is 15.5 Å². The van der Waals surface area contributed by atoms with Crippen LogP contribution < -0.4 is 5.32 Å². The molecular weight excluding hydrogens is 268 g/mol. The molecule has 1 saturated heterocycles. The summed E-state index contributed by atoms with van der Waals surface area (Å²) >= 11 is 0. The van der Waals surface area contributed by atoms with Crippen LogP contribution in [0, 0.1) is 5.92 Å². The standard InChI is InChI=1S/C15H24N4O2/c1-2-13-17-18-14(21-13)10-11-5-6-12(9-11)16-15(20)19-7-3-4-8-19/h11-12H,2-10H2,1H3,(H,16,20)/t11-,12+/m1/s1. The van der Waals surface area contributed by atoms with Crippen molar-refractivity contribution in [1.29, 1.82) is 0 Å². The zero-order chi connectivity index (χ0) is 14.7. The van der Waals surface area contributed by atoms with Crippen molar-refractivity contribution in [3.05, 3.63) is 11.8 Å². The van der Waals surface area contributed by atoms with E-state index in [4.69, 9.17) is 4.42 Å². The molecule has 2 aliphatic rings. The first kappa shape index (κ1) is 14.4. The van der Waals surface area contributed by atoms with Crippen LogP contribution in [-0.4, -0.2) is 40.3 Å². The molecule has 1 aromatic rings. The second-order valence-electron chi connectivity index (χ2n) is 6.17. The van der Waals surface area contributed by atoms with Crippen LogP contribution in [0.15, 0.2) is 4.42 Å². The topological polar surface area (TPSA) is 71.3 Å². The van der Waals surface area contributed by atoms with Gasteiger partial charge >= 0.3 is 6.03 Å². The number of nitrogens with one attached hydrogen (secondary N) is 1. The van der Waals surface area contributed by atoms with Crippen LogP contribution >= 0.6 is 0 Å². The highest BCUT2D eigenvalue weighted by Crippen LogP contribution is 2.28. The van der Waals surface area contributed by atoms with E-state index in [0.717, 1.165) is 63.9 Å². The van der Waals surface area contributed by atoms with Gasteiger partial charge in [-0.3, -0.25) is 0 Å². The summed E-state index contributed by atoms with van der Waals surface area (Å²) in [5.41, 5.74) is 0. The van der Waals surface area contributed by atoms with E-state index in [-0.39, 0.29) is 6.03 Å². The second kappa shape index (κ2) is 6.45. The Hall–Kier alpha value is -1.59. The number of hydrogen-bond acceptors (Lipinski definition) is 4. The monoisotopic (exact) mass is 292 g/mol. The first-order valence-electron chi connectivity index (χ1n) is 8.11. The van der Waals surface area contributed by atoms with Crippen molar-refractivity contribution in [3.8, 4) is 0 Å². The van der Waals surface area contributed by atoms with Gasteiger partial charge < -0.3 is 14.6 Å². The fourth-order valence-electron chi connectivity index (χ4n) is 3.34. The fourth-order valence-corrected chi connectivity index (χ4v) is 3.34. The third-order valence-electron chi connectivity index (χ3n) is 4.54. The van der Waals surface area contributed by atoms with Crippen molar-refractivity contribution in [2.45, 2.75) is 57.9 Å². The van der Waals surface area contributed by atoms with Gasteiger partial charge in [-0.2, -0.15) is 0 Å². The maximum atomic E-state index is 12.1. The summed E-state index contributed by atoms with van der Waals surface area (Å²) in [6.07, 6.45) is 7.09. The number of carbonyl (C=O) groups is 1. The lowest BCUT2D eigenvalue weighted by Gasteiger charge is -2.20. The number of nitrogens with zero attached hydrogens (tertiary/aromatic N) is 3. The number of likely N-dealkylation sites (tertiary alicyclic amines) is 1. The molecule has 6 heteroatoms. The number of rotatable bonds is 4. The summed E-state index contributed by atoms with van der Waals surface area (Å²) in [5.74, 6) is 1.99. The average Bonchev–Trinajstić information content (AvgIpc) is 3.20. The molecule has 1 aromatic heterocycles. The molecule has 21 heavy (non-hydrogen) atoms. The molecule has 2 heterocycles. The molecule has 0 aromatic carbocycles. The summed E-state index contributed by atoms with van der Waals surface area (Å²) in [6.45, 7) is 3.82. The van der Waals surface area contributed by atoms with Crippen molar-refractivity contribution in [2.75, 3.05) is 13.1 Å². The number of aromatic nitrogens is 2. The van der Waals surface area contributed by atoms with Gasteiger partial charge in [0.05, 0.1) is 0 Å². The molecule has 2 amide bonds. The highest BCUT2D eigenvalue weighted by atomic mass is 16.4. The quantitative estimate of drug-likeness (QED) is 0.923. The maximum Gasteiger partial charge on any atom is 0.317 e. The van der Waals surface area contributed by atoms with E-state index >= 15 is 0 Å². The van der Waals surface area contributed by atoms with Crippen LogP contribution in [0.4, 0.5) is 4.79 Å². The number of urea groups is 1. The van der Waals surface area contributed by atoms with Crippen molar-refractivity contribution < 1.29 is 9.21 Å². The van der Waals surface area contributed by atoms with Crippen LogP contribution in [0.5, 0.6) is 0 Å². The van der Waals surface area contributed by atoms with Gasteiger partial charge in [-0.1, -0.05) is 6.92 Å². The van der Waals surface area contributed by atoms with E-state index in [1.165, 1.54) is 0 Å². The third kappa shape index (κ3) is 3.54. The molecule has 0 radical (unpaired) electrons. The van der Waals surface area contributed by atoms with Gasteiger partial charge in [-0.05, 0) is 38.0 Å². The Balaban J connectivity index is 1.45. The lowest BCUT2D eigenvalue weighted by molar-refractivity contribution is 0.204. The number of hydrogen-bond donors (Lipinski definition) is 1. The largest absolute Gasteiger partial charge is 0.425 e. The Morgan fingerprint density at radius 2 is 2.05 bits per heavy atom. The van der Waals surface area contributed by atoms with Crippen LogP contribution in [0.25, 0.3) is 0 Å². The minimum absolute atomic E-state index is 0.115. The van der Waals surface area contributed by atoms with Crippen LogP contribution in [-0.2, 0) is 12.8 Å². The van der Waals surface area contributed by atoms with Crippen molar-refractivity contribution in [3.63, 3.8) is 0 Å². The highest BCUT2D eigenvalue weighted by molar-refractivity contribution is 5.74. The van der Waals surface area contributed by atoms with Gasteiger partial charge in [0.2, 0.25) is 11.8 Å². The Morgan fingerprint density at radius 3 is 2.76 bits per heavy atom. The molecule has 2 atom stereocenters. The summed E-state index contributed by atoms with van der Waals surface area (Å²) < 4.78 is 5.57. The molecule has 1 aliphatic heterocycles. The lowest BCUT2D eigenvalue weighted by atomic mass is 10.0. The van der Waals surface area contributed by atoms with E-state index < -0.39 is 0 Å². The summed E-state index contributed by atoms with van der Waals surface area (Å²) in [7, 11) is 0. The van der Waals surface area contributed by atoms with Gasteiger partial charge in [0, 0.05) is 32.0 Å². The SMILES string of the molecule is CCc1nnc(C[C@@H]2CC[C@H](NC(=O)N3CCCC3)C2)o1. The summed E-state index contributed by atoms with van der Waals surface area (Å²) in [5, 5.41) is 11.3. The number of amides is 2. The van der Waals surface area contributed by atoms with Gasteiger partial charge in [0.1, 0.15) is 0 Å². The maximum absolute atomic E-state index is 12.1. The zero-order valence-electron chi connectivity index (χ0n) is 12.7. The minimum atomic E-state index is 0.115.